The van der Waals surface area contributed by atoms with Crippen molar-refractivity contribution in [3.05, 3.63) is 58.1 Å². The molecule has 0 heterocycles. The smallest absolute Gasteiger partial charge is 0.224 e. The number of rotatable bonds is 8. The maximum absolute atomic E-state index is 12.3. The van der Waals surface area contributed by atoms with Gasteiger partial charge in [0.15, 0.2) is 0 Å². The number of benzene rings is 2. The number of carbonyl (C=O) groups is 1. The quantitative estimate of drug-likeness (QED) is 0.649. The Kier molecular flexibility index (Phi) is 9.57. The number of para-hydroxylation sites is 1. The van der Waals surface area contributed by atoms with Gasteiger partial charge in [-0.1, -0.05) is 31.2 Å². The number of halogens is 2. The first kappa shape index (κ1) is 21.5. The Balaban J connectivity index is 0.00000312. The van der Waals surface area contributed by atoms with Crippen LogP contribution in [0, 0.1) is 0 Å². The zero-order valence-electron chi connectivity index (χ0n) is 14.5. The fraction of sp³-hybridized carbons (Fsp3) is 0.316. The summed E-state index contributed by atoms with van der Waals surface area (Å²) in [5, 5.41) is 6.30. The van der Waals surface area contributed by atoms with Gasteiger partial charge in [0, 0.05) is 18.7 Å². The normalized spacial score (nSPS) is 10.0. The molecule has 0 unspecified atom stereocenters. The summed E-state index contributed by atoms with van der Waals surface area (Å²) in [5.74, 6) is 0.812. The van der Waals surface area contributed by atoms with E-state index < -0.39 is 0 Å². The summed E-state index contributed by atoms with van der Waals surface area (Å²) in [7, 11) is 1.64. The zero-order chi connectivity index (χ0) is 17.4. The van der Waals surface area contributed by atoms with Gasteiger partial charge >= 0.3 is 0 Å². The van der Waals surface area contributed by atoms with Crippen molar-refractivity contribution in [3.8, 4) is 5.75 Å². The van der Waals surface area contributed by atoms with Gasteiger partial charge < -0.3 is 15.4 Å². The van der Waals surface area contributed by atoms with Crippen molar-refractivity contribution in [2.45, 2.75) is 26.3 Å². The van der Waals surface area contributed by atoms with E-state index in [1.807, 2.05) is 42.5 Å². The van der Waals surface area contributed by atoms with Crippen LogP contribution in [0.1, 0.15) is 24.5 Å². The SMILES string of the molecule is CCNCc1ccccc1NC(=O)CCc1ccc(OC)c(Br)c1.Cl. The lowest BCUT2D eigenvalue weighted by Crippen LogP contribution is -2.17. The van der Waals surface area contributed by atoms with E-state index in [0.717, 1.165) is 40.1 Å². The van der Waals surface area contributed by atoms with Crippen LogP contribution in [0.25, 0.3) is 0 Å². The van der Waals surface area contributed by atoms with Crippen LogP contribution in [0.5, 0.6) is 5.75 Å². The molecule has 0 radical (unpaired) electrons. The molecule has 2 rings (SSSR count). The molecule has 0 aliphatic heterocycles. The minimum atomic E-state index is 0. The van der Waals surface area contributed by atoms with Crippen LogP contribution in [-0.2, 0) is 17.8 Å². The van der Waals surface area contributed by atoms with Gasteiger partial charge in [-0.3, -0.25) is 4.79 Å². The Morgan fingerprint density at radius 3 is 2.64 bits per heavy atom. The molecule has 0 bridgehead atoms. The largest absolute Gasteiger partial charge is 0.496 e. The highest BCUT2D eigenvalue weighted by atomic mass is 79.9. The number of carbonyl (C=O) groups excluding carboxylic acids is 1. The summed E-state index contributed by atoms with van der Waals surface area (Å²) in [6.45, 7) is 3.71. The summed E-state index contributed by atoms with van der Waals surface area (Å²) in [6.07, 6.45) is 1.12. The molecular formula is C19H24BrClN2O2. The van der Waals surface area contributed by atoms with Gasteiger partial charge in [-0.15, -0.1) is 12.4 Å². The number of hydrogen-bond donors (Lipinski definition) is 2. The summed E-state index contributed by atoms with van der Waals surface area (Å²) in [5.41, 5.74) is 3.07. The van der Waals surface area contributed by atoms with Gasteiger partial charge in [0.05, 0.1) is 11.6 Å². The molecule has 0 saturated carbocycles. The molecule has 0 fully saturated rings. The van der Waals surface area contributed by atoms with Gasteiger partial charge in [-0.2, -0.15) is 0 Å². The number of ether oxygens (including phenoxy) is 1. The van der Waals surface area contributed by atoms with Gasteiger partial charge in [-0.25, -0.2) is 0 Å². The molecule has 0 aliphatic rings. The Labute approximate surface area is 163 Å². The molecule has 2 aromatic rings. The number of aryl methyl sites for hydroxylation is 1. The van der Waals surface area contributed by atoms with E-state index in [2.05, 4.69) is 33.5 Å². The summed E-state index contributed by atoms with van der Waals surface area (Å²) >= 11 is 3.47. The first-order valence-electron chi connectivity index (χ1n) is 8.05. The fourth-order valence-corrected chi connectivity index (χ4v) is 2.98. The lowest BCUT2D eigenvalue weighted by atomic mass is 10.1. The molecule has 6 heteroatoms. The molecular weight excluding hydrogens is 404 g/mol. The molecule has 136 valence electrons. The van der Waals surface area contributed by atoms with E-state index in [1.54, 1.807) is 7.11 Å². The van der Waals surface area contributed by atoms with Crippen molar-refractivity contribution in [3.63, 3.8) is 0 Å². The molecule has 0 spiro atoms. The van der Waals surface area contributed by atoms with Crippen molar-refractivity contribution in [2.75, 3.05) is 19.0 Å². The van der Waals surface area contributed by atoms with Crippen molar-refractivity contribution in [1.29, 1.82) is 0 Å². The van der Waals surface area contributed by atoms with E-state index in [0.29, 0.717) is 12.8 Å². The van der Waals surface area contributed by atoms with Crippen molar-refractivity contribution in [1.82, 2.24) is 5.32 Å². The minimum Gasteiger partial charge on any atom is -0.496 e. The molecule has 4 nitrogen and oxygen atoms in total. The standard InChI is InChI=1S/C19H23BrN2O2.ClH/c1-3-21-13-15-6-4-5-7-17(15)22-19(23)11-9-14-8-10-18(24-2)16(20)12-14;/h4-8,10,12,21H,3,9,11,13H2,1-2H3,(H,22,23);1H. The second-order valence-corrected chi connectivity index (χ2v) is 6.31. The molecule has 0 saturated heterocycles. The number of methoxy groups -OCH3 is 1. The highest BCUT2D eigenvalue weighted by Gasteiger charge is 2.08. The van der Waals surface area contributed by atoms with Crippen LogP contribution in [0.15, 0.2) is 46.9 Å². The van der Waals surface area contributed by atoms with Gasteiger partial charge in [0.1, 0.15) is 5.75 Å². The second-order valence-electron chi connectivity index (χ2n) is 5.45. The fourth-order valence-electron chi connectivity index (χ4n) is 2.39. The molecule has 0 aliphatic carbocycles. The zero-order valence-corrected chi connectivity index (χ0v) is 16.9. The van der Waals surface area contributed by atoms with Gasteiger partial charge in [0.2, 0.25) is 5.91 Å². The van der Waals surface area contributed by atoms with Gasteiger partial charge in [0.25, 0.3) is 0 Å². The topological polar surface area (TPSA) is 50.4 Å². The van der Waals surface area contributed by atoms with Crippen molar-refractivity contribution >= 4 is 39.9 Å². The molecule has 0 atom stereocenters. The first-order chi connectivity index (χ1) is 11.6. The van der Waals surface area contributed by atoms with E-state index in [-0.39, 0.29) is 18.3 Å². The predicted molar refractivity (Wildman–Crippen MR) is 109 cm³/mol. The van der Waals surface area contributed by atoms with E-state index in [4.69, 9.17) is 4.74 Å². The third-order valence-corrected chi connectivity index (χ3v) is 4.33. The lowest BCUT2D eigenvalue weighted by molar-refractivity contribution is -0.116. The molecule has 1 amide bonds. The molecule has 0 aromatic heterocycles. The second kappa shape index (κ2) is 11.1. The van der Waals surface area contributed by atoms with Crippen LogP contribution in [-0.4, -0.2) is 19.6 Å². The number of hydrogen-bond acceptors (Lipinski definition) is 3. The maximum Gasteiger partial charge on any atom is 0.224 e. The van der Waals surface area contributed by atoms with Gasteiger partial charge in [-0.05, 0) is 58.2 Å². The van der Waals surface area contributed by atoms with E-state index >= 15 is 0 Å². The minimum absolute atomic E-state index is 0. The number of amides is 1. The number of anilines is 1. The summed E-state index contributed by atoms with van der Waals surface area (Å²) in [4.78, 5) is 12.3. The average Bonchev–Trinajstić information content (AvgIpc) is 2.59. The monoisotopic (exact) mass is 426 g/mol. The van der Waals surface area contributed by atoms with Crippen LogP contribution in [0.3, 0.4) is 0 Å². The summed E-state index contributed by atoms with van der Waals surface area (Å²) in [6, 6.07) is 13.8. The Morgan fingerprint density at radius 1 is 1.20 bits per heavy atom. The highest BCUT2D eigenvalue weighted by molar-refractivity contribution is 9.10. The van der Waals surface area contributed by atoms with Crippen LogP contribution in [0.4, 0.5) is 5.69 Å². The predicted octanol–water partition coefficient (Wildman–Crippen LogP) is 4.56. The highest BCUT2D eigenvalue weighted by Crippen LogP contribution is 2.26. The van der Waals surface area contributed by atoms with Crippen molar-refractivity contribution in [2.24, 2.45) is 0 Å². The van der Waals surface area contributed by atoms with E-state index in [9.17, 15) is 4.79 Å². The molecule has 25 heavy (non-hydrogen) atoms. The van der Waals surface area contributed by atoms with Crippen molar-refractivity contribution < 1.29 is 9.53 Å². The first-order valence-corrected chi connectivity index (χ1v) is 8.84. The Hall–Kier alpha value is -1.56. The molecule has 2 aromatic carbocycles. The summed E-state index contributed by atoms with van der Waals surface area (Å²) < 4.78 is 6.12. The lowest BCUT2D eigenvalue weighted by Gasteiger charge is -2.11. The maximum atomic E-state index is 12.3. The number of nitrogens with one attached hydrogen (secondary N) is 2. The van der Waals surface area contributed by atoms with Crippen LogP contribution < -0.4 is 15.4 Å². The van der Waals surface area contributed by atoms with Crippen LogP contribution >= 0.6 is 28.3 Å². The Morgan fingerprint density at radius 2 is 1.96 bits per heavy atom. The third kappa shape index (κ3) is 6.69. The molecule has 2 N–H and O–H groups in total. The third-order valence-electron chi connectivity index (χ3n) is 3.71. The van der Waals surface area contributed by atoms with Crippen LogP contribution in [0.2, 0.25) is 0 Å². The van der Waals surface area contributed by atoms with E-state index in [1.165, 1.54) is 0 Å². The Bertz CT molecular complexity index is 695. The average molecular weight is 428 g/mol.